The molecular weight excluding hydrogens is 222 g/mol. The van der Waals surface area contributed by atoms with Crippen molar-refractivity contribution in [2.24, 2.45) is 11.8 Å². The van der Waals surface area contributed by atoms with Crippen molar-refractivity contribution in [3.8, 4) is 5.75 Å². The van der Waals surface area contributed by atoms with Crippen LogP contribution in [0, 0.1) is 11.8 Å². The third kappa shape index (κ3) is 3.49. The molecule has 1 fully saturated rings. The van der Waals surface area contributed by atoms with Gasteiger partial charge in [0.2, 0.25) is 0 Å². The number of ether oxygens (including phenoxy) is 1. The topological polar surface area (TPSA) is 21.3 Å². The monoisotopic (exact) mass is 247 g/mol. The summed E-state index contributed by atoms with van der Waals surface area (Å²) in [7, 11) is 3.80. The summed E-state index contributed by atoms with van der Waals surface area (Å²) < 4.78 is 5.31. The fourth-order valence-electron chi connectivity index (χ4n) is 3.20. The van der Waals surface area contributed by atoms with E-state index in [0.29, 0.717) is 0 Å². The van der Waals surface area contributed by atoms with Crippen LogP contribution < -0.4 is 10.1 Å². The average Bonchev–Trinajstić information content (AvgIpc) is 2.92. The second-order valence-electron chi connectivity index (χ2n) is 5.42. The third-order valence-corrected chi connectivity index (χ3v) is 4.16. The Kier molecular flexibility index (Phi) is 5.06. The maximum Gasteiger partial charge on any atom is 0.119 e. The second-order valence-corrected chi connectivity index (χ2v) is 5.42. The van der Waals surface area contributed by atoms with Gasteiger partial charge in [0, 0.05) is 0 Å². The summed E-state index contributed by atoms with van der Waals surface area (Å²) in [6, 6.07) is 8.52. The Morgan fingerprint density at radius 2 is 2.11 bits per heavy atom. The lowest BCUT2D eigenvalue weighted by atomic mass is 9.85. The standard InChI is InChI=1S/C16H25NO/c1-17-12-15(14-7-3-4-8-14)10-13-6-5-9-16(11-13)18-2/h5-6,9,11,14-15,17H,3-4,7-8,10,12H2,1-2H3. The van der Waals surface area contributed by atoms with E-state index < -0.39 is 0 Å². The average molecular weight is 247 g/mol. The van der Waals surface area contributed by atoms with Crippen LogP contribution in [0.5, 0.6) is 5.75 Å². The lowest BCUT2D eigenvalue weighted by molar-refractivity contribution is 0.327. The molecule has 0 radical (unpaired) electrons. The number of hydrogen-bond donors (Lipinski definition) is 1. The zero-order valence-electron chi connectivity index (χ0n) is 11.6. The van der Waals surface area contributed by atoms with Gasteiger partial charge in [-0.3, -0.25) is 0 Å². The van der Waals surface area contributed by atoms with Gasteiger partial charge in [-0.05, 0) is 49.5 Å². The maximum atomic E-state index is 5.31. The van der Waals surface area contributed by atoms with Crippen molar-refractivity contribution in [1.29, 1.82) is 0 Å². The number of benzene rings is 1. The molecule has 0 aliphatic heterocycles. The van der Waals surface area contributed by atoms with E-state index in [-0.39, 0.29) is 0 Å². The van der Waals surface area contributed by atoms with Gasteiger partial charge in [0.05, 0.1) is 7.11 Å². The van der Waals surface area contributed by atoms with Crippen LogP contribution in [0.4, 0.5) is 0 Å². The first-order chi connectivity index (χ1) is 8.83. The smallest absolute Gasteiger partial charge is 0.119 e. The summed E-state index contributed by atoms with van der Waals surface area (Å²) >= 11 is 0. The number of methoxy groups -OCH3 is 1. The Hall–Kier alpha value is -1.02. The van der Waals surface area contributed by atoms with Gasteiger partial charge in [0.1, 0.15) is 5.75 Å². The Balaban J connectivity index is 2.02. The molecule has 1 aromatic carbocycles. The van der Waals surface area contributed by atoms with E-state index in [1.54, 1.807) is 7.11 Å². The van der Waals surface area contributed by atoms with E-state index >= 15 is 0 Å². The highest BCUT2D eigenvalue weighted by Gasteiger charge is 2.24. The molecule has 1 saturated carbocycles. The van der Waals surface area contributed by atoms with Crippen molar-refractivity contribution in [3.63, 3.8) is 0 Å². The van der Waals surface area contributed by atoms with E-state index in [1.807, 2.05) is 6.07 Å². The van der Waals surface area contributed by atoms with Gasteiger partial charge < -0.3 is 10.1 Å². The van der Waals surface area contributed by atoms with E-state index in [1.165, 1.54) is 37.7 Å². The molecule has 1 aliphatic carbocycles. The minimum absolute atomic E-state index is 0.768. The second kappa shape index (κ2) is 6.79. The highest BCUT2D eigenvalue weighted by molar-refractivity contribution is 5.28. The molecular formula is C16H25NO. The third-order valence-electron chi connectivity index (χ3n) is 4.16. The van der Waals surface area contributed by atoms with Crippen molar-refractivity contribution in [3.05, 3.63) is 29.8 Å². The molecule has 1 aliphatic rings. The minimum Gasteiger partial charge on any atom is -0.497 e. The predicted octanol–water partition coefficient (Wildman–Crippen LogP) is 3.26. The molecule has 100 valence electrons. The van der Waals surface area contributed by atoms with Crippen LogP contribution in [-0.2, 0) is 6.42 Å². The van der Waals surface area contributed by atoms with E-state index in [0.717, 1.165) is 24.1 Å². The quantitative estimate of drug-likeness (QED) is 0.833. The Bertz CT molecular complexity index is 358. The van der Waals surface area contributed by atoms with Gasteiger partial charge in [-0.1, -0.05) is 37.8 Å². The van der Waals surface area contributed by atoms with Gasteiger partial charge in [-0.15, -0.1) is 0 Å². The molecule has 2 heteroatoms. The molecule has 0 heterocycles. The van der Waals surface area contributed by atoms with Gasteiger partial charge >= 0.3 is 0 Å². The van der Waals surface area contributed by atoms with Gasteiger partial charge in [0.25, 0.3) is 0 Å². The summed E-state index contributed by atoms with van der Waals surface area (Å²) in [5.41, 5.74) is 1.40. The summed E-state index contributed by atoms with van der Waals surface area (Å²) in [6.45, 7) is 1.13. The van der Waals surface area contributed by atoms with Gasteiger partial charge in [-0.2, -0.15) is 0 Å². The van der Waals surface area contributed by atoms with Crippen molar-refractivity contribution in [1.82, 2.24) is 5.32 Å². The van der Waals surface area contributed by atoms with Crippen LogP contribution in [0.1, 0.15) is 31.2 Å². The van der Waals surface area contributed by atoms with E-state index in [2.05, 4.69) is 30.6 Å². The number of nitrogens with one attached hydrogen (secondary N) is 1. The summed E-state index contributed by atoms with van der Waals surface area (Å²) in [4.78, 5) is 0. The van der Waals surface area contributed by atoms with Gasteiger partial charge in [-0.25, -0.2) is 0 Å². The first kappa shape index (κ1) is 13.4. The molecule has 1 N–H and O–H groups in total. The van der Waals surface area contributed by atoms with Crippen molar-refractivity contribution in [2.75, 3.05) is 20.7 Å². The van der Waals surface area contributed by atoms with Crippen LogP contribution in [-0.4, -0.2) is 20.7 Å². The van der Waals surface area contributed by atoms with Crippen LogP contribution >= 0.6 is 0 Å². The zero-order chi connectivity index (χ0) is 12.8. The number of rotatable bonds is 6. The fraction of sp³-hybridized carbons (Fsp3) is 0.625. The zero-order valence-corrected chi connectivity index (χ0v) is 11.6. The highest BCUT2D eigenvalue weighted by atomic mass is 16.5. The Morgan fingerprint density at radius 3 is 2.78 bits per heavy atom. The van der Waals surface area contributed by atoms with Gasteiger partial charge in [0.15, 0.2) is 0 Å². The predicted molar refractivity (Wildman–Crippen MR) is 76.1 cm³/mol. The largest absolute Gasteiger partial charge is 0.497 e. The lowest BCUT2D eigenvalue weighted by Gasteiger charge is -2.23. The highest BCUT2D eigenvalue weighted by Crippen LogP contribution is 2.33. The summed E-state index contributed by atoms with van der Waals surface area (Å²) in [5.74, 6) is 2.65. The molecule has 2 nitrogen and oxygen atoms in total. The van der Waals surface area contributed by atoms with Crippen LogP contribution in [0.2, 0.25) is 0 Å². The molecule has 1 aromatic rings. The molecule has 0 bridgehead atoms. The molecule has 0 amide bonds. The Labute approximate surface area is 111 Å². The maximum absolute atomic E-state index is 5.31. The normalized spacial score (nSPS) is 17.9. The minimum atomic E-state index is 0.768. The van der Waals surface area contributed by atoms with Crippen molar-refractivity contribution >= 4 is 0 Å². The van der Waals surface area contributed by atoms with Crippen molar-refractivity contribution in [2.45, 2.75) is 32.1 Å². The van der Waals surface area contributed by atoms with Crippen LogP contribution in [0.3, 0.4) is 0 Å². The van der Waals surface area contributed by atoms with Crippen LogP contribution in [0.25, 0.3) is 0 Å². The molecule has 2 rings (SSSR count). The first-order valence-electron chi connectivity index (χ1n) is 7.11. The van der Waals surface area contributed by atoms with E-state index in [9.17, 15) is 0 Å². The SMILES string of the molecule is CNCC(Cc1cccc(OC)c1)C1CCCC1. The molecule has 0 saturated heterocycles. The summed E-state index contributed by atoms with van der Waals surface area (Å²) in [6.07, 6.45) is 6.83. The molecule has 1 atom stereocenters. The Morgan fingerprint density at radius 1 is 1.33 bits per heavy atom. The molecule has 18 heavy (non-hydrogen) atoms. The van der Waals surface area contributed by atoms with Crippen LogP contribution in [0.15, 0.2) is 24.3 Å². The lowest BCUT2D eigenvalue weighted by Crippen LogP contribution is -2.26. The molecule has 0 aromatic heterocycles. The van der Waals surface area contributed by atoms with E-state index in [4.69, 9.17) is 4.74 Å². The fourth-order valence-corrected chi connectivity index (χ4v) is 3.20. The summed E-state index contributed by atoms with van der Waals surface area (Å²) in [5, 5.41) is 3.36. The molecule has 0 spiro atoms. The number of hydrogen-bond acceptors (Lipinski definition) is 2. The molecule has 1 unspecified atom stereocenters. The first-order valence-corrected chi connectivity index (χ1v) is 7.11. The van der Waals surface area contributed by atoms with Crippen molar-refractivity contribution < 1.29 is 4.74 Å².